The van der Waals surface area contributed by atoms with E-state index in [2.05, 4.69) is 66.9 Å². The first kappa shape index (κ1) is 24.5. The standard InChI is InChI=1S/C10H14.C9H20.C2H6.C2H4/c1-7-4-9-6-10(9,3)5-8(7)2;1-4-6-8-9(3)7-5-2;2*1-2/h4-5,9H,6H2,1-3H3;9H,4-8H2,1-3H3;1-2H3;1-2H2/t;9-;;/m.0../s1. The number of hydrogen-bond acceptors (Lipinski definition) is 0. The Labute approximate surface area is 148 Å². The molecule has 2 aliphatic rings. The van der Waals surface area contributed by atoms with Crippen molar-refractivity contribution in [2.24, 2.45) is 17.3 Å². The van der Waals surface area contributed by atoms with Gasteiger partial charge in [-0.15, -0.1) is 13.2 Å². The van der Waals surface area contributed by atoms with E-state index in [1.54, 1.807) is 0 Å². The summed E-state index contributed by atoms with van der Waals surface area (Å²) in [6.07, 6.45) is 13.2. The first-order valence-corrected chi connectivity index (χ1v) is 9.81. The molecular weight excluding hydrogens is 276 g/mol. The molecule has 0 spiro atoms. The van der Waals surface area contributed by atoms with E-state index in [0.717, 1.165) is 11.8 Å². The normalized spacial score (nSPS) is 24.8. The van der Waals surface area contributed by atoms with Crippen molar-refractivity contribution in [1.82, 2.24) is 0 Å². The molecule has 2 aliphatic carbocycles. The van der Waals surface area contributed by atoms with Gasteiger partial charge in [0.1, 0.15) is 0 Å². The third-order valence-electron chi connectivity index (χ3n) is 4.80. The van der Waals surface area contributed by atoms with Gasteiger partial charge in [-0.05, 0) is 37.5 Å². The molecule has 0 aliphatic heterocycles. The van der Waals surface area contributed by atoms with Crippen LogP contribution in [0, 0.1) is 17.3 Å². The van der Waals surface area contributed by atoms with Crippen LogP contribution in [-0.4, -0.2) is 0 Å². The Morgan fingerprint density at radius 2 is 1.65 bits per heavy atom. The average molecular weight is 321 g/mol. The van der Waals surface area contributed by atoms with Crippen molar-refractivity contribution >= 4 is 0 Å². The van der Waals surface area contributed by atoms with E-state index >= 15 is 0 Å². The molecule has 0 heteroatoms. The zero-order valence-electron chi connectivity index (χ0n) is 17.5. The fourth-order valence-electron chi connectivity index (χ4n) is 3.06. The van der Waals surface area contributed by atoms with Crippen molar-refractivity contribution in [3.05, 3.63) is 36.5 Å². The summed E-state index contributed by atoms with van der Waals surface area (Å²) >= 11 is 0. The number of allylic oxidation sites excluding steroid dienone is 4. The van der Waals surface area contributed by atoms with Crippen LogP contribution < -0.4 is 0 Å². The highest BCUT2D eigenvalue weighted by Crippen LogP contribution is 2.57. The van der Waals surface area contributed by atoms with Crippen LogP contribution in [-0.2, 0) is 0 Å². The van der Waals surface area contributed by atoms with Crippen molar-refractivity contribution in [3.63, 3.8) is 0 Å². The van der Waals surface area contributed by atoms with E-state index < -0.39 is 0 Å². The van der Waals surface area contributed by atoms with Gasteiger partial charge in [0.2, 0.25) is 0 Å². The smallest absolute Gasteiger partial charge is 0.00715 e. The summed E-state index contributed by atoms with van der Waals surface area (Å²) in [5, 5.41) is 0. The monoisotopic (exact) mass is 320 g/mol. The topological polar surface area (TPSA) is 0 Å². The summed E-state index contributed by atoms with van der Waals surface area (Å²) in [7, 11) is 0. The third kappa shape index (κ3) is 9.84. The lowest BCUT2D eigenvalue weighted by Crippen LogP contribution is -1.99. The second-order valence-electron chi connectivity index (χ2n) is 7.03. The molecule has 0 N–H and O–H groups in total. The van der Waals surface area contributed by atoms with Gasteiger partial charge in [-0.25, -0.2) is 0 Å². The van der Waals surface area contributed by atoms with E-state index in [9.17, 15) is 0 Å². The van der Waals surface area contributed by atoms with Crippen molar-refractivity contribution in [1.29, 1.82) is 0 Å². The van der Waals surface area contributed by atoms with Crippen molar-refractivity contribution < 1.29 is 0 Å². The first-order chi connectivity index (χ1) is 10.9. The Morgan fingerprint density at radius 3 is 2.09 bits per heavy atom. The molecule has 136 valence electrons. The summed E-state index contributed by atoms with van der Waals surface area (Å²) < 4.78 is 0. The zero-order chi connectivity index (χ0) is 18.5. The van der Waals surface area contributed by atoms with Crippen molar-refractivity contribution in [3.8, 4) is 0 Å². The minimum atomic E-state index is 0.559. The van der Waals surface area contributed by atoms with Crippen LogP contribution in [0.25, 0.3) is 0 Å². The summed E-state index contributed by atoms with van der Waals surface area (Å²) in [5.74, 6) is 1.84. The fourth-order valence-corrected chi connectivity index (χ4v) is 3.06. The third-order valence-corrected chi connectivity index (χ3v) is 4.80. The quantitative estimate of drug-likeness (QED) is 0.446. The maximum Gasteiger partial charge on any atom is -0.00715 e. The van der Waals surface area contributed by atoms with Gasteiger partial charge >= 0.3 is 0 Å². The van der Waals surface area contributed by atoms with Gasteiger partial charge in [0, 0.05) is 0 Å². The van der Waals surface area contributed by atoms with Gasteiger partial charge in [-0.2, -0.15) is 0 Å². The van der Waals surface area contributed by atoms with Crippen LogP contribution in [0.15, 0.2) is 36.5 Å². The lowest BCUT2D eigenvalue weighted by molar-refractivity contribution is 0.466. The molecular formula is C23H44. The Balaban J connectivity index is 0. The molecule has 0 aromatic carbocycles. The molecule has 3 atom stereocenters. The molecule has 23 heavy (non-hydrogen) atoms. The van der Waals surface area contributed by atoms with E-state index in [1.165, 1.54) is 49.7 Å². The van der Waals surface area contributed by atoms with Crippen LogP contribution in [0.2, 0.25) is 0 Å². The Bertz CT molecular complexity index is 347. The molecule has 0 aromatic heterocycles. The van der Waals surface area contributed by atoms with Crippen LogP contribution in [0.4, 0.5) is 0 Å². The van der Waals surface area contributed by atoms with E-state index in [1.807, 2.05) is 13.8 Å². The van der Waals surface area contributed by atoms with E-state index in [-0.39, 0.29) is 0 Å². The van der Waals surface area contributed by atoms with Gasteiger partial charge in [-0.3, -0.25) is 0 Å². The Kier molecular flexibility index (Phi) is 14.5. The molecule has 2 unspecified atom stereocenters. The lowest BCUT2D eigenvalue weighted by atomic mass is 9.93. The minimum absolute atomic E-state index is 0.559. The molecule has 0 radical (unpaired) electrons. The SMILES string of the molecule is C=C.CC.CC1=CC2CC2(C)C=C1C.CCCC[C@@H](C)CCC. The highest BCUT2D eigenvalue weighted by Gasteiger charge is 2.48. The molecule has 0 bridgehead atoms. The van der Waals surface area contributed by atoms with E-state index in [4.69, 9.17) is 0 Å². The van der Waals surface area contributed by atoms with Gasteiger partial charge in [0.25, 0.3) is 0 Å². The second-order valence-corrected chi connectivity index (χ2v) is 7.03. The van der Waals surface area contributed by atoms with Gasteiger partial charge in [0.05, 0.1) is 0 Å². The fraction of sp³-hybridized carbons (Fsp3) is 0.739. The zero-order valence-corrected chi connectivity index (χ0v) is 17.5. The number of fused-ring (bicyclic) bond motifs is 1. The molecule has 0 aromatic rings. The summed E-state index contributed by atoms with van der Waals surface area (Å²) in [6.45, 7) is 23.7. The predicted molar refractivity (Wildman–Crippen MR) is 110 cm³/mol. The highest BCUT2D eigenvalue weighted by atomic mass is 14.5. The molecule has 1 saturated carbocycles. The van der Waals surface area contributed by atoms with Crippen molar-refractivity contribution in [2.75, 3.05) is 0 Å². The van der Waals surface area contributed by atoms with Crippen molar-refractivity contribution in [2.45, 2.75) is 93.9 Å². The summed E-state index contributed by atoms with van der Waals surface area (Å²) in [4.78, 5) is 0. The maximum atomic E-state index is 3.00. The molecule has 0 amide bonds. The summed E-state index contributed by atoms with van der Waals surface area (Å²) in [5.41, 5.74) is 3.53. The van der Waals surface area contributed by atoms with Crippen LogP contribution >= 0.6 is 0 Å². The Hall–Kier alpha value is -0.780. The van der Waals surface area contributed by atoms with Gasteiger partial charge in [0.15, 0.2) is 0 Å². The Morgan fingerprint density at radius 1 is 1.09 bits per heavy atom. The second kappa shape index (κ2) is 13.6. The predicted octanol–water partition coefficient (Wildman–Crippen LogP) is 8.36. The molecule has 0 nitrogen and oxygen atoms in total. The lowest BCUT2D eigenvalue weighted by Gasteiger charge is -2.12. The molecule has 0 heterocycles. The number of unbranched alkanes of at least 4 members (excludes halogenated alkanes) is 1. The van der Waals surface area contributed by atoms with E-state index in [0.29, 0.717) is 5.41 Å². The average Bonchev–Trinajstić information content (AvgIpc) is 3.20. The highest BCUT2D eigenvalue weighted by molar-refractivity contribution is 5.39. The molecule has 0 saturated heterocycles. The van der Waals surface area contributed by atoms with Crippen LogP contribution in [0.3, 0.4) is 0 Å². The minimum Gasteiger partial charge on any atom is -0.106 e. The number of hydrogen-bond donors (Lipinski definition) is 0. The van der Waals surface area contributed by atoms with Crippen LogP contribution in [0.1, 0.15) is 93.9 Å². The van der Waals surface area contributed by atoms with Crippen LogP contribution in [0.5, 0.6) is 0 Å². The molecule has 2 rings (SSSR count). The largest absolute Gasteiger partial charge is 0.106 e. The molecule has 1 fully saturated rings. The van der Waals surface area contributed by atoms with Gasteiger partial charge in [-0.1, -0.05) is 96.9 Å². The first-order valence-electron chi connectivity index (χ1n) is 9.81. The van der Waals surface area contributed by atoms with Gasteiger partial charge < -0.3 is 0 Å². The maximum absolute atomic E-state index is 3.00. The summed E-state index contributed by atoms with van der Waals surface area (Å²) in [6, 6.07) is 0. The number of rotatable bonds is 5.